The van der Waals surface area contributed by atoms with Crippen LogP contribution in [0.2, 0.25) is 0 Å². The van der Waals surface area contributed by atoms with Crippen molar-refractivity contribution in [2.24, 2.45) is 0 Å². The molecule has 3 nitrogen and oxygen atoms in total. The lowest BCUT2D eigenvalue weighted by molar-refractivity contribution is 0.327. The summed E-state index contributed by atoms with van der Waals surface area (Å²) in [5.74, 6) is 2.56. The van der Waals surface area contributed by atoms with E-state index in [9.17, 15) is 0 Å². The summed E-state index contributed by atoms with van der Waals surface area (Å²) in [7, 11) is -1.64. The topological polar surface area (TPSA) is 27.7 Å². The maximum Gasteiger partial charge on any atom is 0.530 e. The third kappa shape index (κ3) is 2.69. The molecule has 3 aromatic carbocycles. The first-order valence-corrected chi connectivity index (χ1v) is 12.1. The van der Waals surface area contributed by atoms with E-state index in [1.54, 1.807) is 0 Å². The molecule has 1 heterocycles. The largest absolute Gasteiger partial charge is 0.530 e. The number of hydrogen-bond acceptors (Lipinski definition) is 3. The van der Waals surface area contributed by atoms with Crippen molar-refractivity contribution < 1.29 is 13.6 Å². The van der Waals surface area contributed by atoms with Gasteiger partial charge in [-0.1, -0.05) is 70.2 Å². The van der Waals surface area contributed by atoms with E-state index in [1.165, 1.54) is 22.3 Å². The summed E-state index contributed by atoms with van der Waals surface area (Å²) in [6.45, 7) is 9.44. The quantitative estimate of drug-likeness (QED) is 0.396. The van der Waals surface area contributed by atoms with Gasteiger partial charge in [0.25, 0.3) is 0 Å². The number of para-hydroxylation sites is 1. The first kappa shape index (κ1) is 19.2. The molecule has 0 aromatic heterocycles. The Kier molecular flexibility index (Phi) is 3.88. The minimum absolute atomic E-state index is 0.0624. The zero-order valence-electron chi connectivity index (χ0n) is 18.4. The smallest absolute Gasteiger partial charge is 0.409 e. The van der Waals surface area contributed by atoms with Crippen LogP contribution in [0.4, 0.5) is 0 Å². The summed E-state index contributed by atoms with van der Waals surface area (Å²) in [6, 6.07) is 22.8. The molecule has 0 saturated heterocycles. The minimum Gasteiger partial charge on any atom is -0.409 e. The van der Waals surface area contributed by atoms with E-state index in [0.717, 1.165) is 30.1 Å². The van der Waals surface area contributed by atoms with Gasteiger partial charge in [-0.05, 0) is 59.1 Å². The van der Waals surface area contributed by atoms with Crippen molar-refractivity contribution in [3.8, 4) is 17.2 Å². The molecule has 3 aliphatic rings. The van der Waals surface area contributed by atoms with Gasteiger partial charge in [0, 0.05) is 16.5 Å². The summed E-state index contributed by atoms with van der Waals surface area (Å²) in [4.78, 5) is 0. The predicted molar refractivity (Wildman–Crippen MR) is 124 cm³/mol. The van der Waals surface area contributed by atoms with Crippen LogP contribution in [0, 0.1) is 0 Å². The molecule has 2 aliphatic carbocycles. The molecule has 6 rings (SSSR count). The summed E-state index contributed by atoms with van der Waals surface area (Å²) in [6.07, 6.45) is 2.12. The van der Waals surface area contributed by atoms with E-state index in [0.29, 0.717) is 0 Å². The van der Waals surface area contributed by atoms with Crippen LogP contribution >= 0.6 is 8.60 Å². The normalized spacial score (nSPS) is 21.2. The van der Waals surface area contributed by atoms with Crippen LogP contribution in [-0.2, 0) is 16.2 Å². The van der Waals surface area contributed by atoms with Crippen molar-refractivity contribution >= 4 is 8.60 Å². The Hall–Kier alpha value is -2.51. The van der Waals surface area contributed by atoms with Gasteiger partial charge in [-0.25, -0.2) is 0 Å². The second-order valence-electron chi connectivity index (χ2n) is 10.4. The number of rotatable bonds is 2. The van der Waals surface area contributed by atoms with Crippen molar-refractivity contribution in [1.29, 1.82) is 0 Å². The predicted octanol–water partition coefficient (Wildman–Crippen LogP) is 7.41. The summed E-state index contributed by atoms with van der Waals surface area (Å²) in [5.41, 5.74) is 5.48. The fourth-order valence-corrected chi connectivity index (χ4v) is 7.39. The lowest BCUT2D eigenvalue weighted by Gasteiger charge is -2.34. The summed E-state index contributed by atoms with van der Waals surface area (Å²) in [5, 5.41) is 0. The maximum absolute atomic E-state index is 6.52. The first-order valence-electron chi connectivity index (χ1n) is 11.0. The Morgan fingerprint density at radius 1 is 0.677 bits per heavy atom. The average molecular weight is 430 g/mol. The molecule has 0 atom stereocenters. The fraction of sp³-hybridized carbons (Fsp3) is 0.333. The van der Waals surface area contributed by atoms with Crippen molar-refractivity contribution in [2.45, 2.75) is 56.8 Å². The van der Waals surface area contributed by atoms with E-state index in [1.807, 2.05) is 30.3 Å². The van der Waals surface area contributed by atoms with E-state index >= 15 is 0 Å². The standard InChI is InChI=1S/C27H27O3P/c1-25(2)16-27-17-26(3,4)20-13-9-15-22(24(20)27)30-31(28-18-10-6-5-7-11-18)29-21-14-8-12-19(25)23(21)27/h5-15H,16-17H2,1-4H3. The van der Waals surface area contributed by atoms with E-state index in [2.05, 4.69) is 64.1 Å². The van der Waals surface area contributed by atoms with Crippen LogP contribution in [0.25, 0.3) is 0 Å². The van der Waals surface area contributed by atoms with Crippen molar-refractivity contribution in [3.63, 3.8) is 0 Å². The van der Waals surface area contributed by atoms with Crippen LogP contribution in [0.15, 0.2) is 66.7 Å². The molecule has 31 heavy (non-hydrogen) atoms. The highest BCUT2D eigenvalue weighted by molar-refractivity contribution is 7.43. The highest BCUT2D eigenvalue weighted by Crippen LogP contribution is 2.68. The molecule has 1 aliphatic heterocycles. The Morgan fingerprint density at radius 3 is 1.71 bits per heavy atom. The molecule has 0 amide bonds. The third-order valence-electron chi connectivity index (χ3n) is 7.22. The molecular weight excluding hydrogens is 403 g/mol. The third-order valence-corrected chi connectivity index (χ3v) is 8.28. The molecule has 0 unspecified atom stereocenters. The molecule has 0 saturated carbocycles. The van der Waals surface area contributed by atoms with E-state index < -0.39 is 8.60 Å². The monoisotopic (exact) mass is 430 g/mol. The molecule has 4 heteroatoms. The number of benzene rings is 3. The Balaban J connectivity index is 1.60. The SMILES string of the molecule is CC1(C)CC23CC(C)(C)c4cccc(c42)OP(Oc2ccccc2)Oc2cccc1c23. The lowest BCUT2D eigenvalue weighted by Crippen LogP contribution is -2.28. The van der Waals surface area contributed by atoms with Gasteiger partial charge in [-0.15, -0.1) is 0 Å². The van der Waals surface area contributed by atoms with Crippen LogP contribution in [0.1, 0.15) is 62.8 Å². The van der Waals surface area contributed by atoms with Gasteiger partial charge < -0.3 is 13.6 Å². The zero-order valence-corrected chi connectivity index (χ0v) is 19.3. The van der Waals surface area contributed by atoms with E-state index in [4.69, 9.17) is 13.6 Å². The van der Waals surface area contributed by atoms with Gasteiger partial charge in [-0.2, -0.15) is 0 Å². The molecule has 0 fully saturated rings. The molecule has 3 aromatic rings. The second-order valence-corrected chi connectivity index (χ2v) is 11.4. The molecular formula is C27H27O3P. The minimum atomic E-state index is -1.64. The molecule has 158 valence electrons. The highest BCUT2D eigenvalue weighted by Gasteiger charge is 2.59. The van der Waals surface area contributed by atoms with Gasteiger partial charge in [0.05, 0.1) is 0 Å². The van der Waals surface area contributed by atoms with Gasteiger partial charge in [0.1, 0.15) is 17.2 Å². The van der Waals surface area contributed by atoms with Crippen LogP contribution < -0.4 is 13.6 Å². The summed E-state index contributed by atoms with van der Waals surface area (Å²) < 4.78 is 19.3. The Bertz CT molecular complexity index is 1110. The Labute approximate surface area is 185 Å². The van der Waals surface area contributed by atoms with Gasteiger partial charge in [0.15, 0.2) is 0 Å². The van der Waals surface area contributed by atoms with Crippen LogP contribution in [0.3, 0.4) is 0 Å². The molecule has 0 radical (unpaired) electrons. The van der Waals surface area contributed by atoms with Crippen LogP contribution in [0.5, 0.6) is 17.2 Å². The number of hydrogen-bond donors (Lipinski definition) is 0. The Morgan fingerprint density at radius 2 is 1.19 bits per heavy atom. The van der Waals surface area contributed by atoms with Gasteiger partial charge in [-0.3, -0.25) is 0 Å². The van der Waals surface area contributed by atoms with E-state index in [-0.39, 0.29) is 16.2 Å². The van der Waals surface area contributed by atoms with Crippen molar-refractivity contribution in [2.75, 3.05) is 0 Å². The highest BCUT2D eigenvalue weighted by atomic mass is 31.2. The van der Waals surface area contributed by atoms with Crippen molar-refractivity contribution in [1.82, 2.24) is 0 Å². The maximum atomic E-state index is 6.52. The van der Waals surface area contributed by atoms with Crippen LogP contribution in [-0.4, -0.2) is 0 Å². The van der Waals surface area contributed by atoms with Gasteiger partial charge >= 0.3 is 8.60 Å². The zero-order chi connectivity index (χ0) is 21.4. The summed E-state index contributed by atoms with van der Waals surface area (Å²) >= 11 is 0. The lowest BCUT2D eigenvalue weighted by atomic mass is 9.72. The molecule has 1 spiro atoms. The molecule has 0 bridgehead atoms. The first-order chi connectivity index (χ1) is 14.8. The fourth-order valence-electron chi connectivity index (χ4n) is 6.35. The molecule has 0 N–H and O–H groups in total. The average Bonchev–Trinajstić information content (AvgIpc) is 3.09. The van der Waals surface area contributed by atoms with Crippen molar-refractivity contribution in [3.05, 3.63) is 89.0 Å². The van der Waals surface area contributed by atoms with Gasteiger partial charge in [0.2, 0.25) is 0 Å². The second kappa shape index (κ2) is 6.26.